The summed E-state index contributed by atoms with van der Waals surface area (Å²) in [6, 6.07) is 67.4. The van der Waals surface area contributed by atoms with E-state index >= 15 is 4.57 Å². The molecule has 0 saturated carbocycles. The minimum Gasteiger partial charge on any atom is -0.491 e. The molecule has 1 unspecified atom stereocenters. The van der Waals surface area contributed by atoms with Crippen molar-refractivity contribution in [3.8, 4) is 11.5 Å². The summed E-state index contributed by atoms with van der Waals surface area (Å²) in [5.74, 6) is 2.78. The van der Waals surface area contributed by atoms with E-state index in [1.54, 1.807) is 0 Å². The van der Waals surface area contributed by atoms with Crippen molar-refractivity contribution >= 4 is 81.7 Å². The van der Waals surface area contributed by atoms with Crippen LogP contribution in [-0.4, -0.2) is 77.6 Å². The molecule has 0 amide bonds. The molecule has 2 aliphatic rings. The monoisotopic (exact) mass is 1010 g/mol. The topological polar surface area (TPSA) is 75.7 Å². The van der Waals surface area contributed by atoms with Gasteiger partial charge in [-0.05, 0) is 117 Å². The second kappa shape index (κ2) is 23.2. The standard InChI is InChI=1S/C61H58NO7PS2/c63-70(54-18-8-3-9-19-54)58-43-46-13-11-10-12-45(46)42-56(58)59-60(70)55-29-24-51(62(49-14-4-1-5-15-49)50-16-6-2-7-17-50)44-57(55)61(59,47-20-25-52(26-21-47)68-36-34-64-30-32-66-38-40-71)48-22-27-53(28-23-48)69-37-35-65-31-33-67-39-41-72/h1-29,42-44,71-72H,30-41H2. The summed E-state index contributed by atoms with van der Waals surface area (Å²) in [5.41, 5.74) is 8.00. The van der Waals surface area contributed by atoms with Crippen molar-refractivity contribution in [1.82, 2.24) is 0 Å². The molecule has 1 aliphatic carbocycles. The molecule has 0 N–H and O–H groups in total. The lowest BCUT2D eigenvalue weighted by Crippen LogP contribution is -2.30. The van der Waals surface area contributed by atoms with Gasteiger partial charge in [-0.3, -0.25) is 0 Å². The molecule has 72 heavy (non-hydrogen) atoms. The number of fused-ring (bicyclic) bond motifs is 5. The number of hydrogen-bond acceptors (Lipinski definition) is 10. The number of thiol groups is 2. The van der Waals surface area contributed by atoms with E-state index in [0.29, 0.717) is 77.6 Å². The van der Waals surface area contributed by atoms with Crippen LogP contribution in [0.2, 0.25) is 0 Å². The molecule has 0 saturated heterocycles. The molecular formula is C61H58NO7PS2. The zero-order valence-corrected chi connectivity index (χ0v) is 42.8. The van der Waals surface area contributed by atoms with Gasteiger partial charge in [0.25, 0.3) is 0 Å². The fraction of sp³-hybridized carbons (Fsp3) is 0.213. The number of ether oxygens (including phenoxy) is 6. The molecule has 1 heterocycles. The number of para-hydroxylation sites is 2. The highest BCUT2D eigenvalue weighted by molar-refractivity contribution is 7.88. The highest BCUT2D eigenvalue weighted by Gasteiger charge is 2.57. The van der Waals surface area contributed by atoms with Crippen molar-refractivity contribution in [2.24, 2.45) is 0 Å². The van der Waals surface area contributed by atoms with Gasteiger partial charge in [0, 0.05) is 44.5 Å². The number of benzene rings is 8. The van der Waals surface area contributed by atoms with Crippen LogP contribution in [0.25, 0.3) is 21.7 Å². The Kier molecular flexibility index (Phi) is 16.0. The van der Waals surface area contributed by atoms with E-state index in [0.717, 1.165) is 88.6 Å². The maximum atomic E-state index is 17.1. The van der Waals surface area contributed by atoms with Gasteiger partial charge in [0.05, 0.1) is 58.3 Å². The van der Waals surface area contributed by atoms with Gasteiger partial charge in [-0.25, -0.2) is 0 Å². The summed E-state index contributed by atoms with van der Waals surface area (Å²) < 4.78 is 52.4. The molecule has 10 rings (SSSR count). The average Bonchev–Trinajstić information content (AvgIpc) is 3.88. The molecular weight excluding hydrogens is 954 g/mol. The maximum Gasteiger partial charge on any atom is 0.172 e. The van der Waals surface area contributed by atoms with Crippen LogP contribution in [0.3, 0.4) is 0 Å². The highest BCUT2D eigenvalue weighted by Crippen LogP contribution is 2.74. The first-order valence-electron chi connectivity index (χ1n) is 24.5. The van der Waals surface area contributed by atoms with E-state index in [-0.39, 0.29) is 0 Å². The summed E-state index contributed by atoms with van der Waals surface area (Å²) >= 11 is 8.43. The molecule has 8 nitrogen and oxygen atoms in total. The molecule has 1 aliphatic heterocycles. The van der Waals surface area contributed by atoms with Crippen LogP contribution in [0, 0.1) is 0 Å². The van der Waals surface area contributed by atoms with Gasteiger partial charge in [0.1, 0.15) is 24.7 Å². The largest absolute Gasteiger partial charge is 0.491 e. The molecule has 366 valence electrons. The zero-order chi connectivity index (χ0) is 49.2. The van der Waals surface area contributed by atoms with Crippen molar-refractivity contribution in [3.63, 3.8) is 0 Å². The fourth-order valence-electron chi connectivity index (χ4n) is 10.2. The van der Waals surface area contributed by atoms with Crippen LogP contribution in [0.1, 0.15) is 27.8 Å². The summed E-state index contributed by atoms with van der Waals surface area (Å²) in [6.07, 6.45) is 0. The van der Waals surface area contributed by atoms with Gasteiger partial charge in [-0.1, -0.05) is 121 Å². The molecule has 0 radical (unpaired) electrons. The van der Waals surface area contributed by atoms with Gasteiger partial charge < -0.3 is 37.9 Å². The van der Waals surface area contributed by atoms with E-state index in [9.17, 15) is 0 Å². The second-order valence-corrected chi connectivity index (χ2v) is 21.1. The van der Waals surface area contributed by atoms with E-state index < -0.39 is 12.6 Å². The number of allylic oxidation sites excluding steroid dienone is 1. The lowest BCUT2D eigenvalue weighted by molar-refractivity contribution is 0.0413. The van der Waals surface area contributed by atoms with E-state index in [4.69, 9.17) is 28.4 Å². The number of anilines is 3. The van der Waals surface area contributed by atoms with Gasteiger partial charge in [0.15, 0.2) is 7.14 Å². The first kappa shape index (κ1) is 49.5. The van der Waals surface area contributed by atoms with Crippen LogP contribution in [0.5, 0.6) is 11.5 Å². The fourth-order valence-corrected chi connectivity index (χ4v) is 13.8. The Labute approximate surface area is 433 Å². The van der Waals surface area contributed by atoms with E-state index in [2.05, 4.69) is 158 Å². The van der Waals surface area contributed by atoms with Crippen LogP contribution >= 0.6 is 32.4 Å². The first-order chi connectivity index (χ1) is 35.5. The Balaban J connectivity index is 1.16. The number of nitrogens with zero attached hydrogens (tertiary/aromatic N) is 1. The third-order valence-corrected chi connectivity index (χ3v) is 16.8. The lowest BCUT2D eigenvalue weighted by atomic mass is 9.65. The summed E-state index contributed by atoms with van der Waals surface area (Å²) in [4.78, 5) is 2.30. The predicted molar refractivity (Wildman–Crippen MR) is 300 cm³/mol. The van der Waals surface area contributed by atoms with Crippen molar-refractivity contribution in [3.05, 3.63) is 222 Å². The third-order valence-electron chi connectivity index (χ3n) is 13.3. The van der Waals surface area contributed by atoms with Crippen molar-refractivity contribution in [1.29, 1.82) is 0 Å². The smallest absolute Gasteiger partial charge is 0.172 e. The zero-order valence-electron chi connectivity index (χ0n) is 40.1. The summed E-state index contributed by atoms with van der Waals surface area (Å²) in [5, 5.41) is 4.62. The van der Waals surface area contributed by atoms with Crippen molar-refractivity contribution < 1.29 is 33.0 Å². The normalized spacial score (nSPS) is 15.3. The molecule has 0 spiro atoms. The minimum absolute atomic E-state index is 0.379. The second-order valence-electron chi connectivity index (χ2n) is 17.5. The van der Waals surface area contributed by atoms with Gasteiger partial charge in [0.2, 0.25) is 0 Å². The average molecular weight is 1010 g/mol. The van der Waals surface area contributed by atoms with Crippen LogP contribution in [0.15, 0.2) is 194 Å². The Morgan fingerprint density at radius 3 is 1.40 bits per heavy atom. The lowest BCUT2D eigenvalue weighted by Gasteiger charge is -2.37. The predicted octanol–water partition coefficient (Wildman–Crippen LogP) is 12.5. The Hall–Kier alpha value is -6.07. The number of hydrogen-bond donors (Lipinski definition) is 2. The van der Waals surface area contributed by atoms with E-state index in [1.165, 1.54) is 0 Å². The number of rotatable bonds is 24. The molecule has 1 atom stereocenters. The Morgan fingerprint density at radius 2 is 0.889 bits per heavy atom. The SMILES string of the molecule is O=P1(c2ccccc2)C2=C(c3cc4ccccc4cc31)C(c1ccc(OCCOCCOCCS)cc1)(c1ccc(OCCOCCOCCS)cc1)c1cc(N(c3ccccc3)c3ccccc3)ccc12. The van der Waals surface area contributed by atoms with Crippen LogP contribution in [-0.2, 0) is 28.9 Å². The first-order valence-corrected chi connectivity index (χ1v) is 27.5. The van der Waals surface area contributed by atoms with E-state index in [1.807, 2.05) is 66.7 Å². The maximum absolute atomic E-state index is 17.1. The van der Waals surface area contributed by atoms with Crippen LogP contribution in [0.4, 0.5) is 17.1 Å². The Bertz CT molecular complexity index is 3050. The summed E-state index contributed by atoms with van der Waals surface area (Å²) in [7, 11) is -3.55. The van der Waals surface area contributed by atoms with Crippen molar-refractivity contribution in [2.75, 3.05) is 82.5 Å². The van der Waals surface area contributed by atoms with Crippen molar-refractivity contribution in [2.45, 2.75) is 5.41 Å². The molecule has 8 aromatic rings. The minimum atomic E-state index is -3.55. The molecule has 0 aromatic heterocycles. The third kappa shape index (κ3) is 9.90. The Morgan fingerprint density at radius 1 is 0.431 bits per heavy atom. The molecule has 0 fully saturated rings. The molecule has 8 aromatic carbocycles. The molecule has 11 heteroatoms. The summed E-state index contributed by atoms with van der Waals surface area (Å²) in [6.45, 7) is 4.77. The van der Waals surface area contributed by atoms with Gasteiger partial charge in [-0.2, -0.15) is 25.3 Å². The van der Waals surface area contributed by atoms with Gasteiger partial charge >= 0.3 is 0 Å². The quantitative estimate of drug-likeness (QED) is 0.0352. The highest BCUT2D eigenvalue weighted by atomic mass is 32.1. The van der Waals surface area contributed by atoms with Gasteiger partial charge in [-0.15, -0.1) is 0 Å². The van der Waals surface area contributed by atoms with Crippen LogP contribution < -0.4 is 25.0 Å². The molecule has 0 bridgehead atoms.